The zero-order valence-corrected chi connectivity index (χ0v) is 18.5. The third-order valence-electron chi connectivity index (χ3n) is 4.36. The molecular formula is C22H23N3O5S. The van der Waals surface area contributed by atoms with Crippen LogP contribution in [-0.4, -0.2) is 50.3 Å². The lowest BCUT2D eigenvalue weighted by atomic mass is 10.1. The van der Waals surface area contributed by atoms with Gasteiger partial charge in [0.1, 0.15) is 28.0 Å². The lowest BCUT2D eigenvalue weighted by molar-refractivity contribution is -0.113. The van der Waals surface area contributed by atoms with Gasteiger partial charge in [0.15, 0.2) is 0 Å². The van der Waals surface area contributed by atoms with Gasteiger partial charge in [-0.1, -0.05) is 11.8 Å². The van der Waals surface area contributed by atoms with Crippen LogP contribution in [0.3, 0.4) is 0 Å². The van der Waals surface area contributed by atoms with Gasteiger partial charge in [-0.25, -0.2) is 0 Å². The van der Waals surface area contributed by atoms with Crippen LogP contribution >= 0.6 is 11.8 Å². The van der Waals surface area contributed by atoms with Gasteiger partial charge in [-0.05, 0) is 36.4 Å². The number of methoxy groups -OCH3 is 4. The molecule has 0 bridgehead atoms. The summed E-state index contributed by atoms with van der Waals surface area (Å²) in [5, 5.41) is 11.9. The van der Waals surface area contributed by atoms with E-state index >= 15 is 0 Å². The van der Waals surface area contributed by atoms with Gasteiger partial charge in [0.2, 0.25) is 5.91 Å². The Morgan fingerprint density at radius 3 is 2.19 bits per heavy atom. The number of anilines is 1. The average Bonchev–Trinajstić information content (AvgIpc) is 2.82. The van der Waals surface area contributed by atoms with Gasteiger partial charge < -0.3 is 24.3 Å². The predicted molar refractivity (Wildman–Crippen MR) is 119 cm³/mol. The third-order valence-corrected chi connectivity index (χ3v) is 5.28. The van der Waals surface area contributed by atoms with E-state index in [9.17, 15) is 4.79 Å². The molecule has 162 valence electrons. The summed E-state index contributed by atoms with van der Waals surface area (Å²) in [6.45, 7) is 0. The molecule has 0 aliphatic carbocycles. The number of nitrogens with one attached hydrogen (secondary N) is 1. The second kappa shape index (κ2) is 10.5. The Morgan fingerprint density at radius 2 is 1.55 bits per heavy atom. The second-order valence-electron chi connectivity index (χ2n) is 6.23. The molecular weight excluding hydrogens is 418 g/mol. The van der Waals surface area contributed by atoms with E-state index in [0.29, 0.717) is 39.4 Å². The predicted octanol–water partition coefficient (Wildman–Crippen LogP) is 3.91. The highest BCUT2D eigenvalue weighted by Crippen LogP contribution is 2.32. The van der Waals surface area contributed by atoms with E-state index in [1.54, 1.807) is 52.7 Å². The van der Waals surface area contributed by atoms with Crippen LogP contribution in [0, 0.1) is 0 Å². The normalized spacial score (nSPS) is 10.3. The molecule has 1 N–H and O–H groups in total. The summed E-state index contributed by atoms with van der Waals surface area (Å²) in [6, 6.07) is 14.3. The molecule has 0 saturated heterocycles. The molecule has 0 saturated carbocycles. The van der Waals surface area contributed by atoms with Crippen LogP contribution in [0.4, 0.5) is 5.69 Å². The number of amides is 1. The van der Waals surface area contributed by atoms with E-state index in [-0.39, 0.29) is 11.7 Å². The van der Waals surface area contributed by atoms with Crippen molar-refractivity contribution in [3.8, 4) is 34.3 Å². The fraction of sp³-hybridized carbons (Fsp3) is 0.227. The number of ether oxygens (including phenoxy) is 4. The van der Waals surface area contributed by atoms with Crippen LogP contribution in [0.15, 0.2) is 53.6 Å². The largest absolute Gasteiger partial charge is 0.497 e. The first kappa shape index (κ1) is 22.2. The van der Waals surface area contributed by atoms with Gasteiger partial charge in [-0.3, -0.25) is 4.79 Å². The highest BCUT2D eigenvalue weighted by Gasteiger charge is 2.12. The standard InChI is InChI=1S/C22H23N3O5S/c1-27-14-6-9-19(29-3)18(11-14)23-21(26)13-31-22-10-8-17(24-25-22)16-7-5-15(28-2)12-20(16)30-4/h5-12H,13H2,1-4H3,(H,23,26). The number of benzene rings is 2. The van der Waals surface area contributed by atoms with Crippen molar-refractivity contribution in [3.05, 3.63) is 48.5 Å². The summed E-state index contributed by atoms with van der Waals surface area (Å²) in [7, 11) is 6.29. The molecule has 2 aromatic carbocycles. The number of carbonyl (C=O) groups excluding carboxylic acids is 1. The highest BCUT2D eigenvalue weighted by molar-refractivity contribution is 7.99. The Bertz CT molecular complexity index is 1040. The molecule has 0 unspecified atom stereocenters. The molecule has 1 aromatic heterocycles. The van der Waals surface area contributed by atoms with Crippen LogP contribution in [0.25, 0.3) is 11.3 Å². The maximum absolute atomic E-state index is 12.4. The molecule has 0 spiro atoms. The smallest absolute Gasteiger partial charge is 0.234 e. The Kier molecular flexibility index (Phi) is 7.55. The van der Waals surface area contributed by atoms with E-state index in [4.69, 9.17) is 18.9 Å². The van der Waals surface area contributed by atoms with Crippen molar-refractivity contribution in [1.29, 1.82) is 0 Å². The van der Waals surface area contributed by atoms with Crippen molar-refractivity contribution in [3.63, 3.8) is 0 Å². The number of rotatable bonds is 9. The lowest BCUT2D eigenvalue weighted by Gasteiger charge is -2.11. The quantitative estimate of drug-likeness (QED) is 0.500. The summed E-state index contributed by atoms with van der Waals surface area (Å²) in [6.07, 6.45) is 0. The molecule has 0 fully saturated rings. The molecule has 3 aromatic rings. The molecule has 0 aliphatic heterocycles. The molecule has 9 heteroatoms. The minimum Gasteiger partial charge on any atom is -0.497 e. The van der Waals surface area contributed by atoms with Gasteiger partial charge in [0, 0.05) is 17.7 Å². The summed E-state index contributed by atoms with van der Waals surface area (Å²) >= 11 is 1.28. The van der Waals surface area contributed by atoms with Crippen LogP contribution in [-0.2, 0) is 4.79 Å². The Balaban J connectivity index is 1.64. The zero-order valence-electron chi connectivity index (χ0n) is 17.7. The summed E-state index contributed by atoms with van der Waals surface area (Å²) in [5.41, 5.74) is 2.00. The maximum atomic E-state index is 12.4. The van der Waals surface area contributed by atoms with Gasteiger partial charge in [0.25, 0.3) is 0 Å². The van der Waals surface area contributed by atoms with Crippen LogP contribution in [0.1, 0.15) is 0 Å². The molecule has 8 nitrogen and oxygen atoms in total. The van der Waals surface area contributed by atoms with Crippen molar-refractivity contribution in [1.82, 2.24) is 10.2 Å². The van der Waals surface area contributed by atoms with Gasteiger partial charge in [-0.2, -0.15) is 0 Å². The van der Waals surface area contributed by atoms with Crippen LogP contribution < -0.4 is 24.3 Å². The molecule has 1 amide bonds. The average molecular weight is 442 g/mol. The SMILES string of the molecule is COc1ccc(OC)c(NC(=O)CSc2ccc(-c3ccc(OC)cc3OC)nn2)c1. The summed E-state index contributed by atoms with van der Waals surface area (Å²) in [5.74, 6) is 2.48. The highest BCUT2D eigenvalue weighted by atomic mass is 32.2. The molecule has 3 rings (SSSR count). The number of thioether (sulfide) groups is 1. The Labute approximate surface area is 184 Å². The van der Waals surface area contributed by atoms with Crippen molar-refractivity contribution in [2.24, 2.45) is 0 Å². The number of hydrogen-bond acceptors (Lipinski definition) is 8. The van der Waals surface area contributed by atoms with Gasteiger partial charge in [0.05, 0.1) is 45.6 Å². The van der Waals surface area contributed by atoms with E-state index in [2.05, 4.69) is 15.5 Å². The van der Waals surface area contributed by atoms with Gasteiger partial charge in [-0.15, -0.1) is 10.2 Å². The molecule has 0 aliphatic rings. The number of nitrogens with zero attached hydrogens (tertiary/aromatic N) is 2. The lowest BCUT2D eigenvalue weighted by Crippen LogP contribution is -2.15. The minimum absolute atomic E-state index is 0.167. The molecule has 0 radical (unpaired) electrons. The minimum atomic E-state index is -0.195. The topological polar surface area (TPSA) is 91.8 Å². The van der Waals surface area contributed by atoms with Crippen LogP contribution in [0.5, 0.6) is 23.0 Å². The third kappa shape index (κ3) is 5.58. The Morgan fingerprint density at radius 1 is 0.839 bits per heavy atom. The first-order chi connectivity index (χ1) is 15.1. The maximum Gasteiger partial charge on any atom is 0.234 e. The monoisotopic (exact) mass is 441 g/mol. The number of aromatic nitrogens is 2. The first-order valence-electron chi connectivity index (χ1n) is 9.28. The molecule has 1 heterocycles. The van der Waals surface area contributed by atoms with Crippen molar-refractivity contribution in [2.45, 2.75) is 5.03 Å². The second-order valence-corrected chi connectivity index (χ2v) is 7.22. The zero-order chi connectivity index (χ0) is 22.2. The molecule has 0 atom stereocenters. The van der Waals surface area contributed by atoms with Crippen LogP contribution in [0.2, 0.25) is 0 Å². The number of hydrogen-bond donors (Lipinski definition) is 1. The number of carbonyl (C=O) groups is 1. The summed E-state index contributed by atoms with van der Waals surface area (Å²) < 4.78 is 21.1. The van der Waals surface area contributed by atoms with Crippen molar-refractivity contribution >= 4 is 23.4 Å². The Hall–Kier alpha value is -3.46. The summed E-state index contributed by atoms with van der Waals surface area (Å²) in [4.78, 5) is 12.4. The van der Waals surface area contributed by atoms with E-state index in [1.165, 1.54) is 11.8 Å². The van der Waals surface area contributed by atoms with E-state index < -0.39 is 0 Å². The van der Waals surface area contributed by atoms with Gasteiger partial charge >= 0.3 is 0 Å². The van der Waals surface area contributed by atoms with Crippen molar-refractivity contribution in [2.75, 3.05) is 39.5 Å². The molecule has 31 heavy (non-hydrogen) atoms. The van der Waals surface area contributed by atoms with E-state index in [1.807, 2.05) is 24.3 Å². The van der Waals surface area contributed by atoms with Crippen molar-refractivity contribution < 1.29 is 23.7 Å². The first-order valence-corrected chi connectivity index (χ1v) is 10.3. The fourth-order valence-corrected chi connectivity index (χ4v) is 3.40. The van der Waals surface area contributed by atoms with E-state index in [0.717, 1.165) is 5.56 Å². The fourth-order valence-electron chi connectivity index (χ4n) is 2.79.